The molecule has 1 fully saturated rings. The zero-order chi connectivity index (χ0) is 19.2. The molecule has 0 radical (unpaired) electrons. The van der Waals surface area contributed by atoms with E-state index in [4.69, 9.17) is 14.2 Å². The first-order valence-electron chi connectivity index (χ1n) is 9.71. The molecule has 2 aliphatic rings. The van der Waals surface area contributed by atoms with Gasteiger partial charge in [0.2, 0.25) is 0 Å². The maximum Gasteiger partial charge on any atom is 0.317 e. The summed E-state index contributed by atoms with van der Waals surface area (Å²) in [4.78, 5) is 14.4. The van der Waals surface area contributed by atoms with Gasteiger partial charge in [0.25, 0.3) is 0 Å². The second-order valence-corrected chi connectivity index (χ2v) is 7.12. The highest BCUT2D eigenvalue weighted by molar-refractivity contribution is 5.80. The summed E-state index contributed by atoms with van der Waals surface area (Å²) in [7, 11) is 4.91. The molecule has 1 aliphatic heterocycles. The summed E-state index contributed by atoms with van der Waals surface area (Å²) in [5, 5.41) is 3.20. The number of hydrogen-bond donors (Lipinski definition) is 1. The quantitative estimate of drug-likeness (QED) is 0.851. The molecule has 1 aromatic carbocycles. The van der Waals surface area contributed by atoms with Gasteiger partial charge in [-0.25, -0.2) is 4.79 Å². The second kappa shape index (κ2) is 9.02. The molecule has 1 saturated carbocycles. The van der Waals surface area contributed by atoms with E-state index in [2.05, 4.69) is 11.4 Å². The van der Waals surface area contributed by atoms with Gasteiger partial charge in [0.15, 0.2) is 0 Å². The van der Waals surface area contributed by atoms with E-state index in [1.807, 2.05) is 17.0 Å². The van der Waals surface area contributed by atoms with Crippen LogP contribution in [0.1, 0.15) is 44.1 Å². The van der Waals surface area contributed by atoms with Crippen molar-refractivity contribution >= 4 is 11.6 Å². The number of urea groups is 1. The van der Waals surface area contributed by atoms with Crippen LogP contribution >= 0.6 is 0 Å². The molecule has 0 bridgehead atoms. The van der Waals surface area contributed by atoms with Crippen molar-refractivity contribution in [1.82, 2.24) is 10.2 Å². The summed E-state index contributed by atoms with van der Waals surface area (Å²) in [6, 6.07) is 4.10. The fraction of sp³-hybridized carbons (Fsp3) is 0.571. The minimum Gasteiger partial charge on any atom is -0.496 e. The predicted octanol–water partition coefficient (Wildman–Crippen LogP) is 3.84. The van der Waals surface area contributed by atoms with E-state index in [1.165, 1.54) is 19.3 Å². The highest BCUT2D eigenvalue weighted by atomic mass is 16.5. The fourth-order valence-corrected chi connectivity index (χ4v) is 3.92. The zero-order valence-corrected chi connectivity index (χ0v) is 16.5. The smallest absolute Gasteiger partial charge is 0.317 e. The summed E-state index contributed by atoms with van der Waals surface area (Å²) >= 11 is 0. The van der Waals surface area contributed by atoms with Gasteiger partial charge < -0.3 is 24.4 Å². The van der Waals surface area contributed by atoms with Gasteiger partial charge >= 0.3 is 6.03 Å². The number of methoxy groups -OCH3 is 3. The summed E-state index contributed by atoms with van der Waals surface area (Å²) < 4.78 is 16.5. The van der Waals surface area contributed by atoms with Crippen LogP contribution in [0.25, 0.3) is 5.57 Å². The van der Waals surface area contributed by atoms with Crippen molar-refractivity contribution in [2.45, 2.75) is 44.6 Å². The van der Waals surface area contributed by atoms with Crippen molar-refractivity contribution in [1.29, 1.82) is 0 Å². The van der Waals surface area contributed by atoms with Crippen LogP contribution in [-0.2, 0) is 0 Å². The van der Waals surface area contributed by atoms with Crippen LogP contribution in [0, 0.1) is 0 Å². The molecular formula is C21H30N2O4. The Hall–Kier alpha value is -2.37. The van der Waals surface area contributed by atoms with Crippen molar-refractivity contribution < 1.29 is 19.0 Å². The normalized spacial score (nSPS) is 17.9. The molecule has 6 heteroatoms. The van der Waals surface area contributed by atoms with Gasteiger partial charge in [0.1, 0.15) is 17.2 Å². The molecule has 1 heterocycles. The minimum absolute atomic E-state index is 0.0471. The number of benzene rings is 1. The third kappa shape index (κ3) is 4.49. The maximum atomic E-state index is 12.6. The lowest BCUT2D eigenvalue weighted by Crippen LogP contribution is -2.46. The average molecular weight is 374 g/mol. The molecule has 0 unspecified atom stereocenters. The third-order valence-electron chi connectivity index (χ3n) is 5.47. The van der Waals surface area contributed by atoms with Crippen LogP contribution in [-0.4, -0.2) is 51.4 Å². The van der Waals surface area contributed by atoms with E-state index in [9.17, 15) is 4.79 Å². The van der Waals surface area contributed by atoms with Gasteiger partial charge in [-0.15, -0.1) is 0 Å². The number of ether oxygens (including phenoxy) is 3. The summed E-state index contributed by atoms with van der Waals surface area (Å²) in [6.07, 6.45) is 8.77. The topological polar surface area (TPSA) is 60.0 Å². The molecule has 0 saturated heterocycles. The van der Waals surface area contributed by atoms with Crippen molar-refractivity contribution in [2.75, 3.05) is 34.4 Å². The number of carbonyl (C=O) groups excluding carboxylic acids is 1. The molecule has 1 N–H and O–H groups in total. The lowest BCUT2D eigenvalue weighted by atomic mass is 9.95. The van der Waals surface area contributed by atoms with Gasteiger partial charge in [0, 0.05) is 31.3 Å². The fourth-order valence-electron chi connectivity index (χ4n) is 3.92. The van der Waals surface area contributed by atoms with E-state index in [1.54, 1.807) is 21.3 Å². The van der Waals surface area contributed by atoms with Gasteiger partial charge in [-0.3, -0.25) is 0 Å². The molecule has 148 valence electrons. The average Bonchev–Trinajstić information content (AvgIpc) is 2.73. The molecule has 0 atom stereocenters. The SMILES string of the molecule is COc1cc(OC)c(C2=CCN(C(=O)NC3CCCCC3)CC2)c(OC)c1. The molecule has 1 aliphatic carbocycles. The summed E-state index contributed by atoms with van der Waals surface area (Å²) in [6.45, 7) is 1.27. The lowest BCUT2D eigenvalue weighted by molar-refractivity contribution is 0.195. The Balaban J connectivity index is 1.72. The monoisotopic (exact) mass is 374 g/mol. The van der Waals surface area contributed by atoms with E-state index in [0.717, 1.165) is 41.9 Å². The summed E-state index contributed by atoms with van der Waals surface area (Å²) in [5.41, 5.74) is 2.07. The number of rotatable bonds is 5. The van der Waals surface area contributed by atoms with Crippen LogP contribution in [0.2, 0.25) is 0 Å². The van der Waals surface area contributed by atoms with Crippen LogP contribution in [0.5, 0.6) is 17.2 Å². The number of amides is 2. The first-order valence-corrected chi connectivity index (χ1v) is 9.71. The Labute approximate surface area is 161 Å². The predicted molar refractivity (Wildman–Crippen MR) is 106 cm³/mol. The molecule has 1 aromatic rings. The van der Waals surface area contributed by atoms with Crippen LogP contribution in [0.15, 0.2) is 18.2 Å². The number of nitrogens with zero attached hydrogens (tertiary/aromatic N) is 1. The molecule has 0 spiro atoms. The standard InChI is InChI=1S/C21H30N2O4/c1-25-17-13-18(26-2)20(19(14-17)27-3)15-9-11-23(12-10-15)21(24)22-16-7-5-4-6-8-16/h9,13-14,16H,4-8,10-12H2,1-3H3,(H,22,24). The Kier molecular flexibility index (Phi) is 6.48. The largest absolute Gasteiger partial charge is 0.496 e. The minimum atomic E-state index is 0.0471. The molecular weight excluding hydrogens is 344 g/mol. The highest BCUT2D eigenvalue weighted by Gasteiger charge is 2.24. The second-order valence-electron chi connectivity index (χ2n) is 7.12. The highest BCUT2D eigenvalue weighted by Crippen LogP contribution is 2.40. The third-order valence-corrected chi connectivity index (χ3v) is 5.47. The van der Waals surface area contributed by atoms with Crippen LogP contribution in [0.4, 0.5) is 4.79 Å². The van der Waals surface area contributed by atoms with Gasteiger partial charge in [-0.1, -0.05) is 25.3 Å². The van der Waals surface area contributed by atoms with Crippen LogP contribution in [0.3, 0.4) is 0 Å². The first-order chi connectivity index (χ1) is 13.2. The lowest BCUT2D eigenvalue weighted by Gasteiger charge is -2.31. The summed E-state index contributed by atoms with van der Waals surface area (Å²) in [5.74, 6) is 2.13. The van der Waals surface area contributed by atoms with Crippen molar-refractivity contribution in [3.05, 3.63) is 23.8 Å². The van der Waals surface area contributed by atoms with Gasteiger partial charge in [0.05, 0.1) is 26.9 Å². The number of nitrogens with one attached hydrogen (secondary N) is 1. The molecule has 6 nitrogen and oxygen atoms in total. The van der Waals surface area contributed by atoms with E-state index < -0.39 is 0 Å². The molecule has 2 amide bonds. The Morgan fingerprint density at radius 3 is 2.22 bits per heavy atom. The molecule has 0 aromatic heterocycles. The van der Waals surface area contributed by atoms with E-state index >= 15 is 0 Å². The van der Waals surface area contributed by atoms with E-state index in [-0.39, 0.29) is 6.03 Å². The van der Waals surface area contributed by atoms with Crippen molar-refractivity contribution in [3.8, 4) is 17.2 Å². The molecule has 27 heavy (non-hydrogen) atoms. The van der Waals surface area contributed by atoms with Crippen molar-refractivity contribution in [3.63, 3.8) is 0 Å². The number of hydrogen-bond acceptors (Lipinski definition) is 4. The zero-order valence-electron chi connectivity index (χ0n) is 16.5. The van der Waals surface area contributed by atoms with E-state index in [0.29, 0.717) is 24.9 Å². The Morgan fingerprint density at radius 2 is 1.70 bits per heavy atom. The number of carbonyl (C=O) groups is 1. The van der Waals surface area contributed by atoms with Gasteiger partial charge in [-0.2, -0.15) is 0 Å². The van der Waals surface area contributed by atoms with Crippen molar-refractivity contribution in [2.24, 2.45) is 0 Å². The Bertz CT molecular complexity index is 670. The van der Waals surface area contributed by atoms with Crippen LogP contribution < -0.4 is 19.5 Å². The Morgan fingerprint density at radius 1 is 1.04 bits per heavy atom. The van der Waals surface area contributed by atoms with Gasteiger partial charge in [-0.05, 0) is 24.8 Å². The first kappa shape index (κ1) is 19.4. The maximum absolute atomic E-state index is 12.6. The molecule has 3 rings (SSSR count).